The van der Waals surface area contributed by atoms with Crippen molar-refractivity contribution in [1.29, 1.82) is 0 Å². The van der Waals surface area contributed by atoms with Crippen molar-refractivity contribution in [1.82, 2.24) is 9.88 Å². The number of rotatable bonds is 2. The van der Waals surface area contributed by atoms with Gasteiger partial charge in [0.1, 0.15) is 0 Å². The van der Waals surface area contributed by atoms with Gasteiger partial charge in [-0.05, 0) is 25.0 Å². The van der Waals surface area contributed by atoms with Gasteiger partial charge in [-0.15, -0.1) is 0 Å². The highest BCUT2D eigenvalue weighted by molar-refractivity contribution is 5.94. The number of likely N-dealkylation sites (tertiary alicyclic amines) is 1. The van der Waals surface area contributed by atoms with Crippen LogP contribution in [0.3, 0.4) is 0 Å². The predicted octanol–water partition coefficient (Wildman–Crippen LogP) is 0.678. The Morgan fingerprint density at radius 1 is 1.67 bits per heavy atom. The SMILES string of the molecule is O=C(c1cccnc1)N1CCC[C@@H]1CO. The molecular weight excluding hydrogens is 192 g/mol. The lowest BCUT2D eigenvalue weighted by molar-refractivity contribution is 0.0677. The van der Waals surface area contributed by atoms with E-state index in [1.165, 1.54) is 0 Å². The fourth-order valence-corrected chi connectivity index (χ4v) is 1.95. The third-order valence-corrected chi connectivity index (χ3v) is 2.76. The summed E-state index contributed by atoms with van der Waals surface area (Å²) in [5, 5.41) is 9.12. The summed E-state index contributed by atoms with van der Waals surface area (Å²) in [5.41, 5.74) is 0.595. The second kappa shape index (κ2) is 4.40. The molecule has 15 heavy (non-hydrogen) atoms. The first-order valence-corrected chi connectivity index (χ1v) is 5.15. The van der Waals surface area contributed by atoms with Gasteiger partial charge < -0.3 is 10.0 Å². The minimum Gasteiger partial charge on any atom is -0.394 e. The molecule has 80 valence electrons. The lowest BCUT2D eigenvalue weighted by Crippen LogP contribution is -2.37. The van der Waals surface area contributed by atoms with E-state index in [0.29, 0.717) is 5.56 Å². The third-order valence-electron chi connectivity index (χ3n) is 2.76. The van der Waals surface area contributed by atoms with Gasteiger partial charge in [0, 0.05) is 18.9 Å². The fourth-order valence-electron chi connectivity index (χ4n) is 1.95. The zero-order valence-corrected chi connectivity index (χ0v) is 8.47. The summed E-state index contributed by atoms with van der Waals surface area (Å²) in [7, 11) is 0. The van der Waals surface area contributed by atoms with Crippen LogP contribution < -0.4 is 0 Å². The molecule has 1 amide bonds. The maximum atomic E-state index is 12.0. The molecule has 4 heteroatoms. The Labute approximate surface area is 88.6 Å². The summed E-state index contributed by atoms with van der Waals surface area (Å²) in [4.78, 5) is 17.6. The van der Waals surface area contributed by atoms with Gasteiger partial charge in [-0.3, -0.25) is 9.78 Å². The summed E-state index contributed by atoms with van der Waals surface area (Å²) >= 11 is 0. The van der Waals surface area contributed by atoms with Crippen molar-refractivity contribution in [3.05, 3.63) is 30.1 Å². The first-order valence-electron chi connectivity index (χ1n) is 5.15. The lowest BCUT2D eigenvalue weighted by atomic mass is 10.2. The number of hydrogen-bond acceptors (Lipinski definition) is 3. The normalized spacial score (nSPS) is 20.6. The number of amides is 1. The van der Waals surface area contributed by atoms with Crippen LogP contribution in [-0.2, 0) is 0 Å². The highest BCUT2D eigenvalue weighted by Gasteiger charge is 2.28. The van der Waals surface area contributed by atoms with E-state index in [-0.39, 0.29) is 18.6 Å². The highest BCUT2D eigenvalue weighted by atomic mass is 16.3. The minimum absolute atomic E-state index is 0.0160. The molecule has 2 rings (SSSR count). The van der Waals surface area contributed by atoms with Crippen LogP contribution in [0.2, 0.25) is 0 Å². The highest BCUT2D eigenvalue weighted by Crippen LogP contribution is 2.19. The van der Waals surface area contributed by atoms with Crippen LogP contribution in [-0.4, -0.2) is 40.1 Å². The molecule has 0 spiro atoms. The molecule has 1 atom stereocenters. The van der Waals surface area contributed by atoms with Gasteiger partial charge in [-0.25, -0.2) is 0 Å². The summed E-state index contributed by atoms with van der Waals surface area (Å²) in [6.45, 7) is 0.783. The van der Waals surface area contributed by atoms with Crippen LogP contribution in [0.25, 0.3) is 0 Å². The molecule has 0 unspecified atom stereocenters. The van der Waals surface area contributed by atoms with Crippen molar-refractivity contribution < 1.29 is 9.90 Å². The number of carbonyl (C=O) groups excluding carboxylic acids is 1. The molecule has 1 aliphatic heterocycles. The van der Waals surface area contributed by atoms with E-state index in [2.05, 4.69) is 4.98 Å². The molecule has 0 radical (unpaired) electrons. The lowest BCUT2D eigenvalue weighted by Gasteiger charge is -2.22. The number of hydrogen-bond donors (Lipinski definition) is 1. The average Bonchev–Trinajstić information content (AvgIpc) is 2.77. The number of nitrogens with zero attached hydrogens (tertiary/aromatic N) is 2. The first kappa shape index (κ1) is 10.1. The van der Waals surface area contributed by atoms with E-state index < -0.39 is 0 Å². The Balaban J connectivity index is 2.14. The van der Waals surface area contributed by atoms with Crippen LogP contribution >= 0.6 is 0 Å². The Bertz CT molecular complexity index is 340. The largest absolute Gasteiger partial charge is 0.394 e. The van der Waals surface area contributed by atoms with Gasteiger partial charge >= 0.3 is 0 Å². The number of carbonyl (C=O) groups is 1. The zero-order chi connectivity index (χ0) is 10.7. The summed E-state index contributed by atoms with van der Waals surface area (Å²) in [6, 6.07) is 3.48. The number of aliphatic hydroxyl groups excluding tert-OH is 1. The molecule has 0 bridgehead atoms. The molecule has 4 nitrogen and oxygen atoms in total. The fraction of sp³-hybridized carbons (Fsp3) is 0.455. The zero-order valence-electron chi connectivity index (χ0n) is 8.47. The number of aromatic nitrogens is 1. The summed E-state index contributed by atoms with van der Waals surface area (Å²) < 4.78 is 0. The second-order valence-electron chi connectivity index (χ2n) is 3.72. The first-order chi connectivity index (χ1) is 7.33. The molecule has 0 aliphatic carbocycles. The standard InChI is InChI=1S/C11H14N2O2/c14-8-10-4-2-6-13(10)11(15)9-3-1-5-12-7-9/h1,3,5,7,10,14H,2,4,6,8H2/t10-/m1/s1. The second-order valence-corrected chi connectivity index (χ2v) is 3.72. The van der Waals surface area contributed by atoms with Crippen molar-refractivity contribution in [3.8, 4) is 0 Å². The van der Waals surface area contributed by atoms with Crippen LogP contribution in [0, 0.1) is 0 Å². The Kier molecular flexibility index (Phi) is 2.97. The molecule has 1 saturated heterocycles. The van der Waals surface area contributed by atoms with Crippen LogP contribution in [0.4, 0.5) is 0 Å². The summed E-state index contributed by atoms with van der Waals surface area (Å²) in [5.74, 6) is -0.0281. The van der Waals surface area contributed by atoms with E-state index in [0.717, 1.165) is 19.4 Å². The van der Waals surface area contributed by atoms with E-state index in [1.807, 2.05) is 0 Å². The molecule has 1 aromatic heterocycles. The van der Waals surface area contributed by atoms with Crippen LogP contribution in [0.15, 0.2) is 24.5 Å². The molecular formula is C11H14N2O2. The van der Waals surface area contributed by atoms with Gasteiger partial charge in [0.05, 0.1) is 18.2 Å². The van der Waals surface area contributed by atoms with E-state index >= 15 is 0 Å². The summed E-state index contributed by atoms with van der Waals surface area (Å²) in [6.07, 6.45) is 5.07. The molecule has 1 aliphatic rings. The quantitative estimate of drug-likeness (QED) is 0.774. The van der Waals surface area contributed by atoms with Crippen molar-refractivity contribution in [2.75, 3.05) is 13.2 Å². The Morgan fingerprint density at radius 2 is 2.53 bits per heavy atom. The molecule has 2 heterocycles. The van der Waals surface area contributed by atoms with E-state index in [9.17, 15) is 4.79 Å². The van der Waals surface area contributed by atoms with E-state index in [4.69, 9.17) is 5.11 Å². The third kappa shape index (κ3) is 1.99. The van der Waals surface area contributed by atoms with Crippen molar-refractivity contribution >= 4 is 5.91 Å². The monoisotopic (exact) mass is 206 g/mol. The predicted molar refractivity (Wildman–Crippen MR) is 55.4 cm³/mol. The van der Waals surface area contributed by atoms with Crippen LogP contribution in [0.5, 0.6) is 0 Å². The molecule has 1 N–H and O–H groups in total. The molecule has 1 fully saturated rings. The average molecular weight is 206 g/mol. The molecule has 1 aromatic rings. The smallest absolute Gasteiger partial charge is 0.255 e. The van der Waals surface area contributed by atoms with Crippen LogP contribution in [0.1, 0.15) is 23.2 Å². The molecule has 0 saturated carbocycles. The Hall–Kier alpha value is -1.42. The topological polar surface area (TPSA) is 53.4 Å². The van der Waals surface area contributed by atoms with Gasteiger partial charge in [0.25, 0.3) is 5.91 Å². The minimum atomic E-state index is -0.0281. The van der Waals surface area contributed by atoms with E-state index in [1.54, 1.807) is 29.4 Å². The number of pyridine rings is 1. The number of aliphatic hydroxyl groups is 1. The maximum Gasteiger partial charge on any atom is 0.255 e. The Morgan fingerprint density at radius 3 is 3.20 bits per heavy atom. The van der Waals surface area contributed by atoms with Gasteiger partial charge in [-0.2, -0.15) is 0 Å². The van der Waals surface area contributed by atoms with Crippen molar-refractivity contribution in [2.24, 2.45) is 0 Å². The van der Waals surface area contributed by atoms with Gasteiger partial charge in [0.15, 0.2) is 0 Å². The van der Waals surface area contributed by atoms with Gasteiger partial charge in [-0.1, -0.05) is 0 Å². The van der Waals surface area contributed by atoms with Gasteiger partial charge in [0.2, 0.25) is 0 Å². The maximum absolute atomic E-state index is 12.0. The van der Waals surface area contributed by atoms with Crippen molar-refractivity contribution in [2.45, 2.75) is 18.9 Å². The van der Waals surface area contributed by atoms with Crippen molar-refractivity contribution in [3.63, 3.8) is 0 Å². The molecule has 0 aromatic carbocycles.